The smallest absolute Gasteiger partial charge is 0.0511 e. The van der Waals surface area contributed by atoms with Crippen LogP contribution in [0.15, 0.2) is 58.4 Å². The number of hydrogen-bond donors (Lipinski definition) is 1. The van der Waals surface area contributed by atoms with E-state index in [0.717, 1.165) is 10.9 Å². The Morgan fingerprint density at radius 1 is 1.10 bits per heavy atom. The van der Waals surface area contributed by atoms with E-state index in [1.54, 1.807) is 11.3 Å². The highest BCUT2D eigenvalue weighted by Crippen LogP contribution is 2.28. The van der Waals surface area contributed by atoms with Crippen molar-refractivity contribution in [1.82, 2.24) is 0 Å². The standard InChI is InChI=1S/C17H16BrNS/c1-2-16(12-3-5-14(18)6-4-12)19-15-7-8-17-13(11-15)9-10-20-17/h3-11,16,19H,2H2,1H3. The highest BCUT2D eigenvalue weighted by molar-refractivity contribution is 9.10. The molecule has 1 atom stereocenters. The molecule has 0 amide bonds. The van der Waals surface area contributed by atoms with Crippen LogP contribution >= 0.6 is 27.3 Å². The molecule has 1 nitrogen and oxygen atoms in total. The zero-order valence-corrected chi connectivity index (χ0v) is 13.7. The zero-order chi connectivity index (χ0) is 13.9. The largest absolute Gasteiger partial charge is 0.378 e. The molecule has 0 saturated heterocycles. The number of hydrogen-bond acceptors (Lipinski definition) is 2. The molecular weight excluding hydrogens is 330 g/mol. The van der Waals surface area contributed by atoms with E-state index in [1.165, 1.54) is 21.3 Å². The maximum absolute atomic E-state index is 3.64. The minimum atomic E-state index is 0.346. The summed E-state index contributed by atoms with van der Waals surface area (Å²) in [7, 11) is 0. The Morgan fingerprint density at radius 2 is 1.90 bits per heavy atom. The fourth-order valence-corrected chi connectivity index (χ4v) is 3.41. The second kappa shape index (κ2) is 5.98. The lowest BCUT2D eigenvalue weighted by Crippen LogP contribution is -2.09. The van der Waals surface area contributed by atoms with E-state index < -0.39 is 0 Å². The van der Waals surface area contributed by atoms with Gasteiger partial charge in [0.1, 0.15) is 0 Å². The van der Waals surface area contributed by atoms with Crippen LogP contribution in [-0.4, -0.2) is 0 Å². The van der Waals surface area contributed by atoms with E-state index in [-0.39, 0.29) is 0 Å². The third kappa shape index (κ3) is 2.89. The molecule has 20 heavy (non-hydrogen) atoms. The highest BCUT2D eigenvalue weighted by atomic mass is 79.9. The van der Waals surface area contributed by atoms with Gasteiger partial charge in [0.05, 0.1) is 6.04 Å². The van der Waals surface area contributed by atoms with Gasteiger partial charge in [-0.3, -0.25) is 0 Å². The van der Waals surface area contributed by atoms with Crippen molar-refractivity contribution in [2.45, 2.75) is 19.4 Å². The van der Waals surface area contributed by atoms with Crippen molar-refractivity contribution in [1.29, 1.82) is 0 Å². The van der Waals surface area contributed by atoms with Gasteiger partial charge in [0.15, 0.2) is 0 Å². The van der Waals surface area contributed by atoms with Crippen molar-refractivity contribution >= 4 is 43.0 Å². The average molecular weight is 346 g/mol. The molecule has 3 rings (SSSR count). The van der Waals surface area contributed by atoms with Crippen molar-refractivity contribution < 1.29 is 0 Å². The molecule has 0 fully saturated rings. The monoisotopic (exact) mass is 345 g/mol. The van der Waals surface area contributed by atoms with Gasteiger partial charge in [-0.1, -0.05) is 35.0 Å². The van der Waals surface area contributed by atoms with Crippen LogP contribution < -0.4 is 5.32 Å². The van der Waals surface area contributed by atoms with Crippen LogP contribution in [0.2, 0.25) is 0 Å². The van der Waals surface area contributed by atoms with Gasteiger partial charge in [-0.05, 0) is 59.1 Å². The quantitative estimate of drug-likeness (QED) is 0.591. The fraction of sp³-hybridized carbons (Fsp3) is 0.176. The Bertz CT molecular complexity index is 702. The van der Waals surface area contributed by atoms with Crippen molar-refractivity contribution in [2.75, 3.05) is 5.32 Å². The first-order valence-electron chi connectivity index (χ1n) is 6.75. The molecule has 1 heterocycles. The molecule has 3 heteroatoms. The molecule has 102 valence electrons. The van der Waals surface area contributed by atoms with Crippen LogP contribution in [0.25, 0.3) is 10.1 Å². The lowest BCUT2D eigenvalue weighted by atomic mass is 10.0. The molecule has 1 unspecified atom stereocenters. The molecule has 3 aromatic rings. The number of rotatable bonds is 4. The van der Waals surface area contributed by atoms with E-state index in [2.05, 4.69) is 82.1 Å². The number of anilines is 1. The van der Waals surface area contributed by atoms with Gasteiger partial charge < -0.3 is 5.32 Å². The second-order valence-corrected chi connectivity index (χ2v) is 6.69. The summed E-state index contributed by atoms with van der Waals surface area (Å²) in [4.78, 5) is 0. The number of halogens is 1. The summed E-state index contributed by atoms with van der Waals surface area (Å²) < 4.78 is 2.46. The van der Waals surface area contributed by atoms with Crippen LogP contribution in [0.3, 0.4) is 0 Å². The molecule has 0 aliphatic heterocycles. The summed E-state index contributed by atoms with van der Waals surface area (Å²) in [5.74, 6) is 0. The topological polar surface area (TPSA) is 12.0 Å². The molecule has 1 N–H and O–H groups in total. The number of benzene rings is 2. The van der Waals surface area contributed by atoms with Gasteiger partial charge in [0.25, 0.3) is 0 Å². The SMILES string of the molecule is CCC(Nc1ccc2sccc2c1)c1ccc(Br)cc1. The Morgan fingerprint density at radius 3 is 2.65 bits per heavy atom. The van der Waals surface area contributed by atoms with Gasteiger partial charge >= 0.3 is 0 Å². The number of thiophene rings is 1. The van der Waals surface area contributed by atoms with Crippen LogP contribution in [0.1, 0.15) is 24.9 Å². The average Bonchev–Trinajstić information content (AvgIpc) is 2.93. The van der Waals surface area contributed by atoms with E-state index in [9.17, 15) is 0 Å². The molecule has 1 aromatic heterocycles. The third-order valence-corrected chi connectivity index (χ3v) is 4.90. The summed E-state index contributed by atoms with van der Waals surface area (Å²) in [5, 5.41) is 7.09. The first-order chi connectivity index (χ1) is 9.76. The van der Waals surface area contributed by atoms with Crippen molar-refractivity contribution in [3.8, 4) is 0 Å². The zero-order valence-electron chi connectivity index (χ0n) is 11.3. The Hall–Kier alpha value is -1.32. The van der Waals surface area contributed by atoms with Crippen LogP contribution in [-0.2, 0) is 0 Å². The molecule has 0 aliphatic carbocycles. The first-order valence-corrected chi connectivity index (χ1v) is 8.43. The minimum absolute atomic E-state index is 0.346. The Labute approximate surface area is 131 Å². The van der Waals surface area contributed by atoms with Gasteiger partial charge in [-0.25, -0.2) is 0 Å². The summed E-state index contributed by atoms with van der Waals surface area (Å²) in [6, 6.07) is 17.7. The number of fused-ring (bicyclic) bond motifs is 1. The van der Waals surface area contributed by atoms with Crippen LogP contribution in [0.5, 0.6) is 0 Å². The minimum Gasteiger partial charge on any atom is -0.378 e. The van der Waals surface area contributed by atoms with E-state index in [0.29, 0.717) is 6.04 Å². The summed E-state index contributed by atoms with van der Waals surface area (Å²) >= 11 is 5.27. The molecular formula is C17H16BrNS. The van der Waals surface area contributed by atoms with E-state index in [4.69, 9.17) is 0 Å². The number of nitrogens with one attached hydrogen (secondary N) is 1. The summed E-state index contributed by atoms with van der Waals surface area (Å²) in [5.41, 5.74) is 2.51. The molecule has 0 aliphatic rings. The van der Waals surface area contributed by atoms with Crippen LogP contribution in [0.4, 0.5) is 5.69 Å². The lowest BCUT2D eigenvalue weighted by molar-refractivity contribution is 0.749. The predicted octanol–water partition coefficient (Wildman–Crippen LogP) is 6.23. The normalized spacial score (nSPS) is 12.5. The Balaban J connectivity index is 1.84. The van der Waals surface area contributed by atoms with Crippen molar-refractivity contribution in [2.24, 2.45) is 0 Å². The van der Waals surface area contributed by atoms with Crippen molar-refractivity contribution in [3.05, 3.63) is 63.9 Å². The fourth-order valence-electron chi connectivity index (χ4n) is 2.37. The second-order valence-electron chi connectivity index (χ2n) is 4.83. The van der Waals surface area contributed by atoms with Gasteiger partial charge in [0, 0.05) is 14.9 Å². The van der Waals surface area contributed by atoms with E-state index in [1.807, 2.05) is 0 Å². The third-order valence-electron chi connectivity index (χ3n) is 3.47. The summed E-state index contributed by atoms with van der Waals surface area (Å²) in [6.07, 6.45) is 1.06. The lowest BCUT2D eigenvalue weighted by Gasteiger charge is -2.19. The molecule has 0 spiro atoms. The van der Waals surface area contributed by atoms with E-state index >= 15 is 0 Å². The van der Waals surface area contributed by atoms with Gasteiger partial charge in [-0.2, -0.15) is 0 Å². The maximum atomic E-state index is 3.64. The first kappa shape index (κ1) is 13.7. The molecule has 2 aromatic carbocycles. The predicted molar refractivity (Wildman–Crippen MR) is 92.6 cm³/mol. The highest BCUT2D eigenvalue weighted by Gasteiger charge is 2.09. The molecule has 0 saturated carbocycles. The van der Waals surface area contributed by atoms with Gasteiger partial charge in [-0.15, -0.1) is 11.3 Å². The van der Waals surface area contributed by atoms with Crippen molar-refractivity contribution in [3.63, 3.8) is 0 Å². The maximum Gasteiger partial charge on any atom is 0.0511 e. The summed E-state index contributed by atoms with van der Waals surface area (Å²) in [6.45, 7) is 2.21. The van der Waals surface area contributed by atoms with Crippen LogP contribution in [0, 0.1) is 0 Å². The molecule has 0 radical (unpaired) electrons. The molecule has 0 bridgehead atoms. The van der Waals surface area contributed by atoms with Gasteiger partial charge in [0.2, 0.25) is 0 Å². The Kier molecular flexibility index (Phi) is 4.08.